The van der Waals surface area contributed by atoms with E-state index >= 15 is 0 Å². The first kappa shape index (κ1) is 19.3. The second kappa shape index (κ2) is 6.93. The van der Waals surface area contributed by atoms with Crippen molar-refractivity contribution in [1.82, 2.24) is 4.31 Å². The molecule has 0 unspecified atom stereocenters. The van der Waals surface area contributed by atoms with Crippen LogP contribution in [0.5, 0.6) is 0 Å². The Morgan fingerprint density at radius 2 is 1.50 bits per heavy atom. The maximum Gasteiger partial charge on any atom is 0.244 e. The van der Waals surface area contributed by atoms with Crippen LogP contribution >= 0.6 is 0 Å². The molecule has 0 amide bonds. The number of hydrogen-bond donors (Lipinski definition) is 0. The summed E-state index contributed by atoms with van der Waals surface area (Å²) in [6.45, 7) is 4.62. The summed E-state index contributed by atoms with van der Waals surface area (Å²) < 4.78 is 29.4. The molecule has 3 aromatic rings. The van der Waals surface area contributed by atoms with Gasteiger partial charge < -0.3 is 0 Å². The molecule has 0 radical (unpaired) electrons. The van der Waals surface area contributed by atoms with Gasteiger partial charge in [0.2, 0.25) is 10.0 Å². The van der Waals surface area contributed by atoms with Gasteiger partial charge in [-0.2, -0.15) is 4.31 Å². The van der Waals surface area contributed by atoms with E-state index in [0.29, 0.717) is 11.4 Å². The monoisotopic (exact) mass is 415 g/mol. The van der Waals surface area contributed by atoms with Crippen LogP contribution in [0.3, 0.4) is 0 Å². The summed E-state index contributed by atoms with van der Waals surface area (Å²) in [6, 6.07) is 25.8. The van der Waals surface area contributed by atoms with Gasteiger partial charge in [-0.05, 0) is 66.7 Å². The van der Waals surface area contributed by atoms with Crippen molar-refractivity contribution in [2.24, 2.45) is 0 Å². The zero-order valence-corrected chi connectivity index (χ0v) is 18.1. The molecule has 3 nitrogen and oxygen atoms in total. The van der Waals surface area contributed by atoms with Crippen LogP contribution in [0.2, 0.25) is 0 Å². The Morgan fingerprint density at radius 1 is 0.833 bits per heavy atom. The number of rotatable bonds is 3. The Balaban J connectivity index is 1.74. The van der Waals surface area contributed by atoms with Gasteiger partial charge in [0.1, 0.15) is 0 Å². The van der Waals surface area contributed by atoms with Crippen LogP contribution in [0.1, 0.15) is 42.0 Å². The first-order valence-corrected chi connectivity index (χ1v) is 11.9. The van der Waals surface area contributed by atoms with E-state index < -0.39 is 15.6 Å². The highest BCUT2D eigenvalue weighted by atomic mass is 32.2. The van der Waals surface area contributed by atoms with Crippen molar-refractivity contribution < 1.29 is 8.42 Å². The Hall–Kier alpha value is -2.69. The van der Waals surface area contributed by atoms with Crippen molar-refractivity contribution in [3.8, 4) is 0 Å². The third-order valence-corrected chi connectivity index (χ3v) is 8.58. The summed E-state index contributed by atoms with van der Waals surface area (Å²) >= 11 is 0. The SMILES string of the molecule is CC1=C(c2ccccc2)c2ccccc2[C@]12CCCN2S(=O)(=O)c1ccc(C)cc1. The van der Waals surface area contributed by atoms with Crippen molar-refractivity contribution in [1.29, 1.82) is 0 Å². The van der Waals surface area contributed by atoms with Crippen molar-refractivity contribution in [2.75, 3.05) is 6.54 Å². The van der Waals surface area contributed by atoms with Gasteiger partial charge >= 0.3 is 0 Å². The number of sulfonamides is 1. The number of aryl methyl sites for hydroxylation is 1. The lowest BCUT2D eigenvalue weighted by molar-refractivity contribution is 0.297. The molecular formula is C26H25NO2S. The van der Waals surface area contributed by atoms with Gasteiger partial charge in [0.05, 0.1) is 10.4 Å². The summed E-state index contributed by atoms with van der Waals surface area (Å²) in [5.41, 5.74) is 6.12. The molecule has 1 fully saturated rings. The van der Waals surface area contributed by atoms with Crippen LogP contribution in [-0.4, -0.2) is 19.3 Å². The summed E-state index contributed by atoms with van der Waals surface area (Å²) in [4.78, 5) is 0.368. The molecule has 1 atom stereocenters. The van der Waals surface area contributed by atoms with Crippen LogP contribution in [-0.2, 0) is 15.6 Å². The van der Waals surface area contributed by atoms with Crippen LogP contribution in [0, 0.1) is 6.92 Å². The Labute approximate surface area is 178 Å². The van der Waals surface area contributed by atoms with E-state index in [9.17, 15) is 8.42 Å². The average Bonchev–Trinajstić information content (AvgIpc) is 3.31. The third kappa shape index (κ3) is 2.64. The molecule has 30 heavy (non-hydrogen) atoms. The smallest absolute Gasteiger partial charge is 0.207 e. The van der Waals surface area contributed by atoms with E-state index in [1.54, 1.807) is 16.4 Å². The quantitative estimate of drug-likeness (QED) is 0.566. The lowest BCUT2D eigenvalue weighted by atomic mass is 9.85. The predicted molar refractivity (Wildman–Crippen MR) is 121 cm³/mol. The second-order valence-electron chi connectivity index (χ2n) is 8.27. The Morgan fingerprint density at radius 3 is 2.23 bits per heavy atom. The molecule has 1 aliphatic carbocycles. The van der Waals surface area contributed by atoms with Gasteiger partial charge in [-0.3, -0.25) is 0 Å². The summed E-state index contributed by atoms with van der Waals surface area (Å²) in [6.07, 6.45) is 1.65. The number of nitrogens with zero attached hydrogens (tertiary/aromatic N) is 1. The van der Waals surface area contributed by atoms with Crippen molar-refractivity contribution in [3.63, 3.8) is 0 Å². The molecule has 0 aromatic heterocycles. The number of benzene rings is 3. The van der Waals surface area contributed by atoms with Gasteiger partial charge in [-0.1, -0.05) is 72.3 Å². The van der Waals surface area contributed by atoms with Crippen molar-refractivity contribution >= 4 is 15.6 Å². The maximum absolute atomic E-state index is 13.8. The minimum absolute atomic E-state index is 0.368. The molecule has 0 bridgehead atoms. The molecule has 1 spiro atoms. The predicted octanol–water partition coefficient (Wildman–Crippen LogP) is 5.51. The van der Waals surface area contributed by atoms with Crippen molar-refractivity contribution in [3.05, 3.63) is 107 Å². The van der Waals surface area contributed by atoms with Gasteiger partial charge in [-0.25, -0.2) is 8.42 Å². The molecule has 0 N–H and O–H groups in total. The van der Waals surface area contributed by atoms with Gasteiger partial charge in [0, 0.05) is 6.54 Å². The van der Waals surface area contributed by atoms with Crippen LogP contribution in [0.25, 0.3) is 5.57 Å². The minimum Gasteiger partial charge on any atom is -0.207 e. The zero-order chi connectivity index (χ0) is 20.9. The van der Waals surface area contributed by atoms with Crippen LogP contribution in [0.4, 0.5) is 0 Å². The Bertz CT molecular complexity index is 1240. The van der Waals surface area contributed by atoms with Crippen LogP contribution in [0.15, 0.2) is 89.3 Å². The fraction of sp³-hybridized carbons (Fsp3) is 0.231. The first-order chi connectivity index (χ1) is 14.5. The molecular weight excluding hydrogens is 390 g/mol. The zero-order valence-electron chi connectivity index (χ0n) is 17.3. The normalized spacial score (nSPS) is 21.4. The highest BCUT2D eigenvalue weighted by molar-refractivity contribution is 7.89. The third-order valence-electron chi connectivity index (χ3n) is 6.63. The van der Waals surface area contributed by atoms with E-state index in [1.165, 1.54) is 0 Å². The highest BCUT2D eigenvalue weighted by Gasteiger charge is 2.54. The number of hydrogen-bond acceptors (Lipinski definition) is 2. The van der Waals surface area contributed by atoms with E-state index in [2.05, 4.69) is 31.2 Å². The lowest BCUT2D eigenvalue weighted by Gasteiger charge is -2.37. The molecule has 1 heterocycles. The fourth-order valence-corrected chi connectivity index (χ4v) is 7.09. The van der Waals surface area contributed by atoms with E-state index in [1.807, 2.05) is 49.4 Å². The first-order valence-electron chi connectivity index (χ1n) is 10.4. The largest absolute Gasteiger partial charge is 0.244 e. The summed E-state index contributed by atoms with van der Waals surface area (Å²) in [7, 11) is -3.63. The Kier molecular flexibility index (Phi) is 4.46. The van der Waals surface area contributed by atoms with Gasteiger partial charge in [0.25, 0.3) is 0 Å². The molecule has 0 saturated carbocycles. The minimum atomic E-state index is -3.63. The summed E-state index contributed by atoms with van der Waals surface area (Å²) in [5, 5.41) is 0. The number of fused-ring (bicyclic) bond motifs is 2. The molecule has 1 aliphatic heterocycles. The van der Waals surface area contributed by atoms with E-state index in [-0.39, 0.29) is 0 Å². The molecule has 4 heteroatoms. The standard InChI is InChI=1S/C26H25NO2S/c1-19-13-15-22(16-14-19)30(28,29)27-18-8-17-26(27)20(2)25(21-9-4-3-5-10-21)23-11-6-7-12-24(23)26/h3-7,9-16H,8,17-18H2,1-2H3/t26-/m0/s1. The summed E-state index contributed by atoms with van der Waals surface area (Å²) in [5.74, 6) is 0. The second-order valence-corrected chi connectivity index (χ2v) is 10.1. The topological polar surface area (TPSA) is 37.4 Å². The maximum atomic E-state index is 13.8. The van der Waals surface area contributed by atoms with Crippen molar-refractivity contribution in [2.45, 2.75) is 37.1 Å². The molecule has 1 saturated heterocycles. The van der Waals surface area contributed by atoms with E-state index in [4.69, 9.17) is 0 Å². The molecule has 152 valence electrons. The van der Waals surface area contributed by atoms with Gasteiger partial charge in [-0.15, -0.1) is 0 Å². The molecule has 3 aromatic carbocycles. The lowest BCUT2D eigenvalue weighted by Crippen LogP contribution is -2.44. The van der Waals surface area contributed by atoms with Gasteiger partial charge in [0.15, 0.2) is 0 Å². The van der Waals surface area contributed by atoms with Crippen LogP contribution < -0.4 is 0 Å². The fourth-order valence-electron chi connectivity index (χ4n) is 5.25. The average molecular weight is 416 g/mol. The molecule has 2 aliphatic rings. The molecule has 5 rings (SSSR count). The highest BCUT2D eigenvalue weighted by Crippen LogP contribution is 2.56. The van der Waals surface area contributed by atoms with E-state index in [0.717, 1.165) is 46.2 Å².